The lowest BCUT2D eigenvalue weighted by Crippen LogP contribution is -2.16. The van der Waals surface area contributed by atoms with Crippen LogP contribution in [0.3, 0.4) is 0 Å². The Morgan fingerprint density at radius 1 is 0.391 bits per heavy atom. The quantitative estimate of drug-likeness (QED) is 0.185. The van der Waals surface area contributed by atoms with Crippen LogP contribution in [-0.2, 0) is 5.41 Å². The van der Waals surface area contributed by atoms with Gasteiger partial charge in [-0.15, -0.1) is 0 Å². The minimum absolute atomic E-state index is 0.0537. The summed E-state index contributed by atoms with van der Waals surface area (Å²) in [7, 11) is 0. The van der Waals surface area contributed by atoms with Crippen LogP contribution in [0.15, 0.2) is 164 Å². The molecule has 0 saturated carbocycles. The predicted molar refractivity (Wildman–Crippen MR) is 197 cm³/mol. The van der Waals surface area contributed by atoms with Crippen molar-refractivity contribution in [3.05, 3.63) is 175 Å². The summed E-state index contributed by atoms with van der Waals surface area (Å²) in [5.41, 5.74) is 11.3. The monoisotopic (exact) mass is 587 g/mol. The molecule has 0 fully saturated rings. The van der Waals surface area contributed by atoms with Gasteiger partial charge in [0.2, 0.25) is 0 Å². The number of hydrogen-bond donors (Lipinski definition) is 0. The van der Waals surface area contributed by atoms with E-state index in [1.807, 2.05) is 0 Å². The lowest BCUT2D eigenvalue weighted by atomic mass is 9.82. The van der Waals surface area contributed by atoms with Gasteiger partial charge in [-0.3, -0.25) is 0 Å². The lowest BCUT2D eigenvalue weighted by molar-refractivity contribution is 0.660. The van der Waals surface area contributed by atoms with Crippen molar-refractivity contribution in [2.24, 2.45) is 0 Å². The molecule has 1 aliphatic carbocycles. The van der Waals surface area contributed by atoms with E-state index in [0.717, 1.165) is 11.4 Å². The SMILES string of the molecule is CC1(C)c2ccccc2-c2ccc(N(c3ccccc3)c3ccc(-c4ccc5c(ccc6ccc7ccccc7c65)c4)cc3)cc21. The Kier molecular flexibility index (Phi) is 5.92. The van der Waals surface area contributed by atoms with Gasteiger partial charge in [0, 0.05) is 22.5 Å². The molecule has 0 saturated heterocycles. The van der Waals surface area contributed by atoms with Crippen LogP contribution in [0, 0.1) is 0 Å². The van der Waals surface area contributed by atoms with E-state index in [1.54, 1.807) is 0 Å². The second kappa shape index (κ2) is 10.2. The molecule has 0 amide bonds. The number of hydrogen-bond acceptors (Lipinski definition) is 1. The first-order valence-electron chi connectivity index (χ1n) is 16.1. The van der Waals surface area contributed by atoms with Crippen molar-refractivity contribution in [3.8, 4) is 22.3 Å². The Balaban J connectivity index is 1.12. The molecule has 1 nitrogen and oxygen atoms in total. The fourth-order valence-electron chi connectivity index (χ4n) is 7.67. The lowest BCUT2D eigenvalue weighted by Gasteiger charge is -2.28. The second-order valence-corrected chi connectivity index (χ2v) is 13.0. The van der Waals surface area contributed by atoms with E-state index in [0.29, 0.717) is 0 Å². The van der Waals surface area contributed by atoms with Gasteiger partial charge in [-0.05, 0) is 108 Å². The number of rotatable bonds is 4. The maximum Gasteiger partial charge on any atom is 0.0465 e. The third-order valence-corrected chi connectivity index (χ3v) is 10.0. The molecule has 8 aromatic rings. The molecule has 46 heavy (non-hydrogen) atoms. The van der Waals surface area contributed by atoms with Crippen LogP contribution in [0.5, 0.6) is 0 Å². The third-order valence-electron chi connectivity index (χ3n) is 10.0. The van der Waals surface area contributed by atoms with Gasteiger partial charge in [0.25, 0.3) is 0 Å². The summed E-state index contributed by atoms with van der Waals surface area (Å²) >= 11 is 0. The molecule has 1 aliphatic rings. The van der Waals surface area contributed by atoms with Gasteiger partial charge in [-0.2, -0.15) is 0 Å². The van der Waals surface area contributed by atoms with E-state index < -0.39 is 0 Å². The first-order valence-corrected chi connectivity index (χ1v) is 16.1. The molecule has 0 bridgehead atoms. The molecule has 9 rings (SSSR count). The van der Waals surface area contributed by atoms with Crippen molar-refractivity contribution in [1.82, 2.24) is 0 Å². The van der Waals surface area contributed by atoms with Crippen LogP contribution in [0.4, 0.5) is 17.1 Å². The minimum atomic E-state index is -0.0537. The maximum absolute atomic E-state index is 2.40. The minimum Gasteiger partial charge on any atom is -0.310 e. The molecule has 0 radical (unpaired) electrons. The normalized spacial score (nSPS) is 13.2. The highest BCUT2D eigenvalue weighted by Crippen LogP contribution is 2.50. The maximum atomic E-state index is 2.40. The topological polar surface area (TPSA) is 3.24 Å². The van der Waals surface area contributed by atoms with E-state index in [9.17, 15) is 0 Å². The van der Waals surface area contributed by atoms with Gasteiger partial charge in [0.1, 0.15) is 0 Å². The zero-order chi connectivity index (χ0) is 30.8. The number of fused-ring (bicyclic) bond motifs is 8. The van der Waals surface area contributed by atoms with Crippen molar-refractivity contribution in [2.75, 3.05) is 4.90 Å². The van der Waals surface area contributed by atoms with Gasteiger partial charge in [0.05, 0.1) is 0 Å². The van der Waals surface area contributed by atoms with Gasteiger partial charge >= 0.3 is 0 Å². The molecule has 0 aliphatic heterocycles. The zero-order valence-electron chi connectivity index (χ0n) is 26.0. The van der Waals surface area contributed by atoms with E-state index >= 15 is 0 Å². The van der Waals surface area contributed by atoms with Crippen molar-refractivity contribution < 1.29 is 0 Å². The molecular formula is C45H33N. The van der Waals surface area contributed by atoms with Gasteiger partial charge in [-0.25, -0.2) is 0 Å². The average molecular weight is 588 g/mol. The standard InChI is InChI=1S/C45H33N/c1-45(2)42-15-9-8-14-40(42)41-27-25-37(29-43(41)45)46(35-11-4-3-5-12-35)36-23-20-30(21-24-36)33-22-26-39-34(28-33)19-18-32-17-16-31-10-6-7-13-38(31)44(32)39/h3-29H,1-2H3. The van der Waals surface area contributed by atoms with Crippen molar-refractivity contribution >= 4 is 49.4 Å². The summed E-state index contributed by atoms with van der Waals surface area (Å²) in [6.07, 6.45) is 0. The Bertz CT molecular complexity index is 2430. The number of para-hydroxylation sites is 1. The summed E-state index contributed by atoms with van der Waals surface area (Å²) < 4.78 is 0. The second-order valence-electron chi connectivity index (χ2n) is 13.0. The molecule has 0 N–H and O–H groups in total. The van der Waals surface area contributed by atoms with Gasteiger partial charge < -0.3 is 4.90 Å². The van der Waals surface area contributed by atoms with Crippen LogP contribution in [0.25, 0.3) is 54.6 Å². The first kappa shape index (κ1) is 26.7. The van der Waals surface area contributed by atoms with Crippen LogP contribution < -0.4 is 4.90 Å². The van der Waals surface area contributed by atoms with Crippen LogP contribution in [0.2, 0.25) is 0 Å². The third kappa shape index (κ3) is 4.09. The van der Waals surface area contributed by atoms with E-state index in [1.165, 1.54) is 71.4 Å². The van der Waals surface area contributed by atoms with E-state index in [-0.39, 0.29) is 5.41 Å². The number of benzene rings is 8. The Morgan fingerprint density at radius 2 is 1.00 bits per heavy atom. The van der Waals surface area contributed by atoms with Gasteiger partial charge in [0.15, 0.2) is 0 Å². The average Bonchev–Trinajstić information content (AvgIpc) is 3.34. The van der Waals surface area contributed by atoms with Crippen molar-refractivity contribution in [2.45, 2.75) is 19.3 Å². The van der Waals surface area contributed by atoms with E-state index in [4.69, 9.17) is 0 Å². The van der Waals surface area contributed by atoms with Gasteiger partial charge in [-0.1, -0.05) is 135 Å². The zero-order valence-corrected chi connectivity index (χ0v) is 26.0. The first-order chi connectivity index (χ1) is 22.6. The van der Waals surface area contributed by atoms with Crippen molar-refractivity contribution in [3.63, 3.8) is 0 Å². The molecular weight excluding hydrogens is 555 g/mol. The predicted octanol–water partition coefficient (Wildman–Crippen LogP) is 12.6. The van der Waals surface area contributed by atoms with E-state index in [2.05, 4.69) is 183 Å². The van der Waals surface area contributed by atoms with Crippen molar-refractivity contribution in [1.29, 1.82) is 0 Å². The highest BCUT2D eigenvalue weighted by Gasteiger charge is 2.35. The fourth-order valence-corrected chi connectivity index (χ4v) is 7.67. The summed E-state index contributed by atoms with van der Waals surface area (Å²) in [5, 5.41) is 7.76. The highest BCUT2D eigenvalue weighted by atomic mass is 15.1. The number of nitrogens with zero attached hydrogens (tertiary/aromatic N) is 1. The largest absolute Gasteiger partial charge is 0.310 e. The summed E-state index contributed by atoms with van der Waals surface area (Å²) in [5.74, 6) is 0. The Morgan fingerprint density at radius 3 is 1.85 bits per heavy atom. The molecule has 8 aromatic carbocycles. The molecule has 218 valence electrons. The smallest absolute Gasteiger partial charge is 0.0465 e. The molecule has 0 spiro atoms. The molecule has 0 atom stereocenters. The van der Waals surface area contributed by atoms with Crippen LogP contribution >= 0.6 is 0 Å². The Hall–Kier alpha value is -5.66. The number of anilines is 3. The molecule has 1 heteroatoms. The molecule has 0 heterocycles. The summed E-state index contributed by atoms with van der Waals surface area (Å²) in [4.78, 5) is 2.38. The molecule has 0 aromatic heterocycles. The summed E-state index contributed by atoms with van der Waals surface area (Å²) in [6, 6.07) is 60.1. The highest BCUT2D eigenvalue weighted by molar-refractivity contribution is 6.20. The summed E-state index contributed by atoms with van der Waals surface area (Å²) in [6.45, 7) is 4.69. The van der Waals surface area contributed by atoms with Crippen LogP contribution in [-0.4, -0.2) is 0 Å². The fraction of sp³-hybridized carbons (Fsp3) is 0.0667. The van der Waals surface area contributed by atoms with Crippen LogP contribution in [0.1, 0.15) is 25.0 Å². The Labute approximate surface area is 270 Å². The molecule has 0 unspecified atom stereocenters.